The molecule has 0 unspecified atom stereocenters. The van der Waals surface area contributed by atoms with Crippen LogP contribution < -0.4 is 10.6 Å². The smallest absolute Gasteiger partial charge is 0.271 e. The third-order valence-electron chi connectivity index (χ3n) is 2.69. The van der Waals surface area contributed by atoms with Crippen LogP contribution in [-0.2, 0) is 6.42 Å². The Kier molecular flexibility index (Phi) is 5.05. The lowest BCUT2D eigenvalue weighted by Crippen LogP contribution is -2.27. The van der Waals surface area contributed by atoms with E-state index in [1.54, 1.807) is 24.7 Å². The zero-order chi connectivity index (χ0) is 14.2. The SMILES string of the molecule is CCCNc1ccc(C(=O)NCCc2cnc[nH]2)nn1. The topological polar surface area (TPSA) is 95.6 Å². The van der Waals surface area contributed by atoms with E-state index in [4.69, 9.17) is 0 Å². The highest BCUT2D eigenvalue weighted by Crippen LogP contribution is 2.02. The van der Waals surface area contributed by atoms with Crippen molar-refractivity contribution in [3.05, 3.63) is 36.0 Å². The van der Waals surface area contributed by atoms with Crippen molar-refractivity contribution in [2.75, 3.05) is 18.4 Å². The standard InChI is InChI=1S/C13H18N6O/c1-2-6-15-12-4-3-11(18-19-12)13(20)16-7-5-10-8-14-9-17-10/h3-4,8-9H,2,5-7H2,1H3,(H,14,17)(H,15,19)(H,16,20). The molecule has 3 N–H and O–H groups in total. The first kappa shape index (κ1) is 14.0. The van der Waals surface area contributed by atoms with E-state index in [0.717, 1.165) is 18.7 Å². The molecule has 0 aliphatic carbocycles. The molecule has 0 spiro atoms. The molecule has 2 aromatic rings. The molecular formula is C13H18N6O. The van der Waals surface area contributed by atoms with Crippen molar-refractivity contribution < 1.29 is 4.79 Å². The quantitative estimate of drug-likeness (QED) is 0.700. The first-order valence-electron chi connectivity index (χ1n) is 6.62. The predicted octanol–water partition coefficient (Wildman–Crippen LogP) is 0.994. The minimum Gasteiger partial charge on any atom is -0.369 e. The molecule has 0 atom stereocenters. The van der Waals surface area contributed by atoms with Gasteiger partial charge >= 0.3 is 0 Å². The molecule has 2 heterocycles. The van der Waals surface area contributed by atoms with Gasteiger partial charge in [0.05, 0.1) is 6.33 Å². The fourth-order valence-electron chi connectivity index (χ4n) is 1.62. The zero-order valence-corrected chi connectivity index (χ0v) is 11.4. The second kappa shape index (κ2) is 7.22. The zero-order valence-electron chi connectivity index (χ0n) is 11.4. The van der Waals surface area contributed by atoms with Gasteiger partial charge in [0.25, 0.3) is 5.91 Å². The molecular weight excluding hydrogens is 256 g/mol. The van der Waals surface area contributed by atoms with Crippen LogP contribution in [0.2, 0.25) is 0 Å². The number of hydrogen-bond acceptors (Lipinski definition) is 5. The molecule has 106 valence electrons. The molecule has 0 bridgehead atoms. The van der Waals surface area contributed by atoms with E-state index < -0.39 is 0 Å². The number of carbonyl (C=O) groups excluding carboxylic acids is 1. The van der Waals surface area contributed by atoms with Gasteiger partial charge in [-0.05, 0) is 18.6 Å². The van der Waals surface area contributed by atoms with Gasteiger partial charge in [-0.15, -0.1) is 10.2 Å². The Morgan fingerprint density at radius 2 is 2.20 bits per heavy atom. The van der Waals surface area contributed by atoms with E-state index in [1.165, 1.54) is 0 Å². The van der Waals surface area contributed by atoms with E-state index in [-0.39, 0.29) is 5.91 Å². The summed E-state index contributed by atoms with van der Waals surface area (Å²) in [6.07, 6.45) is 5.07. The Morgan fingerprint density at radius 1 is 1.30 bits per heavy atom. The number of nitrogens with zero attached hydrogens (tertiary/aromatic N) is 3. The maximum absolute atomic E-state index is 11.8. The molecule has 0 aliphatic heterocycles. The van der Waals surface area contributed by atoms with E-state index in [0.29, 0.717) is 24.5 Å². The fourth-order valence-corrected chi connectivity index (χ4v) is 1.62. The normalized spacial score (nSPS) is 10.2. The molecule has 0 saturated carbocycles. The lowest BCUT2D eigenvalue weighted by molar-refractivity contribution is 0.0948. The number of anilines is 1. The Balaban J connectivity index is 1.79. The molecule has 2 rings (SSSR count). The van der Waals surface area contributed by atoms with Gasteiger partial charge in [-0.25, -0.2) is 4.98 Å². The fraction of sp³-hybridized carbons (Fsp3) is 0.385. The van der Waals surface area contributed by atoms with Gasteiger partial charge in [0, 0.05) is 31.4 Å². The number of carbonyl (C=O) groups is 1. The lowest BCUT2D eigenvalue weighted by Gasteiger charge is -2.05. The number of aromatic amines is 1. The molecule has 0 fully saturated rings. The van der Waals surface area contributed by atoms with Gasteiger partial charge in [-0.1, -0.05) is 6.92 Å². The highest BCUT2D eigenvalue weighted by molar-refractivity contribution is 5.92. The van der Waals surface area contributed by atoms with Crippen LogP contribution in [0, 0.1) is 0 Å². The van der Waals surface area contributed by atoms with Crippen LogP contribution in [0.4, 0.5) is 5.82 Å². The summed E-state index contributed by atoms with van der Waals surface area (Å²) in [5.74, 6) is 0.458. The number of amides is 1. The van der Waals surface area contributed by atoms with Crippen molar-refractivity contribution in [2.45, 2.75) is 19.8 Å². The molecule has 0 aromatic carbocycles. The Hall–Kier alpha value is -2.44. The number of rotatable bonds is 7. The third kappa shape index (κ3) is 4.04. The van der Waals surface area contributed by atoms with Gasteiger partial charge in [0.2, 0.25) is 0 Å². The van der Waals surface area contributed by atoms with Gasteiger partial charge in [-0.3, -0.25) is 4.79 Å². The van der Waals surface area contributed by atoms with Gasteiger partial charge in [-0.2, -0.15) is 0 Å². The molecule has 7 nitrogen and oxygen atoms in total. The van der Waals surface area contributed by atoms with Crippen LogP contribution in [0.3, 0.4) is 0 Å². The van der Waals surface area contributed by atoms with Gasteiger partial charge in [0.15, 0.2) is 5.69 Å². The molecule has 0 saturated heterocycles. The Bertz CT molecular complexity index is 522. The largest absolute Gasteiger partial charge is 0.369 e. The highest BCUT2D eigenvalue weighted by Gasteiger charge is 2.07. The summed E-state index contributed by atoms with van der Waals surface area (Å²) in [6, 6.07) is 3.42. The van der Waals surface area contributed by atoms with Crippen molar-refractivity contribution in [1.82, 2.24) is 25.5 Å². The minimum atomic E-state index is -0.223. The summed E-state index contributed by atoms with van der Waals surface area (Å²) >= 11 is 0. The maximum Gasteiger partial charge on any atom is 0.271 e. The molecule has 20 heavy (non-hydrogen) atoms. The minimum absolute atomic E-state index is 0.223. The highest BCUT2D eigenvalue weighted by atomic mass is 16.1. The van der Waals surface area contributed by atoms with Crippen LogP contribution in [0.25, 0.3) is 0 Å². The summed E-state index contributed by atoms with van der Waals surface area (Å²) in [4.78, 5) is 18.7. The summed E-state index contributed by atoms with van der Waals surface area (Å²) in [5.41, 5.74) is 1.30. The average molecular weight is 274 g/mol. The van der Waals surface area contributed by atoms with Gasteiger partial charge in [0.1, 0.15) is 5.82 Å². The van der Waals surface area contributed by atoms with Crippen molar-refractivity contribution in [3.8, 4) is 0 Å². The van der Waals surface area contributed by atoms with E-state index in [9.17, 15) is 4.79 Å². The van der Waals surface area contributed by atoms with E-state index in [2.05, 4.69) is 37.7 Å². The summed E-state index contributed by atoms with van der Waals surface area (Å²) in [5, 5.41) is 13.8. The molecule has 7 heteroatoms. The molecule has 0 aliphatic rings. The first-order valence-corrected chi connectivity index (χ1v) is 6.62. The Labute approximate surface area is 117 Å². The van der Waals surface area contributed by atoms with E-state index >= 15 is 0 Å². The molecule has 1 amide bonds. The van der Waals surface area contributed by atoms with Crippen LogP contribution in [0.1, 0.15) is 29.5 Å². The monoisotopic (exact) mass is 274 g/mol. The average Bonchev–Trinajstić information content (AvgIpc) is 2.99. The maximum atomic E-state index is 11.8. The Morgan fingerprint density at radius 3 is 2.85 bits per heavy atom. The summed E-state index contributed by atoms with van der Waals surface area (Å²) in [7, 11) is 0. The first-order chi connectivity index (χ1) is 9.79. The third-order valence-corrected chi connectivity index (χ3v) is 2.69. The van der Waals surface area contributed by atoms with Crippen LogP contribution >= 0.6 is 0 Å². The van der Waals surface area contributed by atoms with Crippen molar-refractivity contribution in [3.63, 3.8) is 0 Å². The number of hydrogen-bond donors (Lipinski definition) is 3. The van der Waals surface area contributed by atoms with Crippen molar-refractivity contribution in [1.29, 1.82) is 0 Å². The van der Waals surface area contributed by atoms with Crippen LogP contribution in [0.15, 0.2) is 24.7 Å². The summed E-state index contributed by atoms with van der Waals surface area (Å²) in [6.45, 7) is 3.44. The van der Waals surface area contributed by atoms with Crippen LogP contribution in [0.5, 0.6) is 0 Å². The summed E-state index contributed by atoms with van der Waals surface area (Å²) < 4.78 is 0. The lowest BCUT2D eigenvalue weighted by atomic mass is 10.3. The molecule has 2 aromatic heterocycles. The van der Waals surface area contributed by atoms with Gasteiger partial charge < -0.3 is 15.6 Å². The van der Waals surface area contributed by atoms with Crippen molar-refractivity contribution in [2.24, 2.45) is 0 Å². The van der Waals surface area contributed by atoms with Crippen molar-refractivity contribution >= 4 is 11.7 Å². The van der Waals surface area contributed by atoms with Crippen LogP contribution in [-0.4, -0.2) is 39.2 Å². The number of H-pyrrole nitrogens is 1. The predicted molar refractivity (Wildman–Crippen MR) is 75.4 cm³/mol. The second-order valence-electron chi connectivity index (χ2n) is 4.31. The number of imidazole rings is 1. The number of aromatic nitrogens is 4. The second-order valence-corrected chi connectivity index (χ2v) is 4.31. The molecule has 0 radical (unpaired) electrons. The van der Waals surface area contributed by atoms with E-state index in [1.807, 2.05) is 0 Å². The number of nitrogens with one attached hydrogen (secondary N) is 3.